The molecule has 0 atom stereocenters. The van der Waals surface area contributed by atoms with Crippen molar-refractivity contribution in [3.63, 3.8) is 0 Å². The van der Waals surface area contributed by atoms with Crippen LogP contribution < -0.4 is 10.9 Å². The molecule has 0 radical (unpaired) electrons. The van der Waals surface area contributed by atoms with Crippen molar-refractivity contribution in [3.05, 3.63) is 12.2 Å². The van der Waals surface area contributed by atoms with Crippen LogP contribution in [0, 0.1) is 0 Å². The molecular formula is C7H12N2O3. The fourth-order valence-corrected chi connectivity index (χ4v) is 0.376. The number of methoxy groups -OCH3 is 1. The molecule has 0 rings (SSSR count). The molecule has 5 nitrogen and oxygen atoms in total. The lowest BCUT2D eigenvalue weighted by atomic mass is 10.3. The largest absolute Gasteiger partial charge is 0.468 e. The average Bonchev–Trinajstić information content (AvgIpc) is 2.03. The lowest BCUT2D eigenvalue weighted by Gasteiger charge is -2.04. The van der Waals surface area contributed by atoms with Gasteiger partial charge in [-0.3, -0.25) is 15.0 Å². The minimum Gasteiger partial charge on any atom is -0.468 e. The summed E-state index contributed by atoms with van der Waals surface area (Å²) in [5, 5.41) is 0. The van der Waals surface area contributed by atoms with E-state index in [-0.39, 0.29) is 12.5 Å². The van der Waals surface area contributed by atoms with Crippen LogP contribution in [0.5, 0.6) is 0 Å². The summed E-state index contributed by atoms with van der Waals surface area (Å²) < 4.78 is 4.32. The van der Waals surface area contributed by atoms with Crippen molar-refractivity contribution in [1.82, 2.24) is 10.9 Å². The third-order valence-corrected chi connectivity index (χ3v) is 1.05. The first-order valence-electron chi connectivity index (χ1n) is 3.33. The van der Waals surface area contributed by atoms with Crippen molar-refractivity contribution < 1.29 is 14.3 Å². The Morgan fingerprint density at radius 2 is 2.08 bits per heavy atom. The summed E-state index contributed by atoms with van der Waals surface area (Å²) in [5.74, 6) is -0.795. The molecule has 0 aromatic carbocycles. The molecule has 0 fully saturated rings. The quantitative estimate of drug-likeness (QED) is 0.336. The van der Waals surface area contributed by atoms with E-state index in [4.69, 9.17) is 0 Å². The Labute approximate surface area is 70.7 Å². The maximum absolute atomic E-state index is 10.8. The lowest BCUT2D eigenvalue weighted by Crippen LogP contribution is -2.41. The number of rotatable bonds is 4. The molecule has 2 N–H and O–H groups in total. The molecule has 0 aliphatic heterocycles. The molecule has 0 saturated heterocycles. The Bertz CT molecular complexity index is 201. The Kier molecular flexibility index (Phi) is 4.71. The van der Waals surface area contributed by atoms with E-state index in [0.29, 0.717) is 5.57 Å². The Balaban J connectivity index is 3.50. The van der Waals surface area contributed by atoms with Crippen molar-refractivity contribution in [2.45, 2.75) is 6.92 Å². The van der Waals surface area contributed by atoms with Crippen LogP contribution in [0.3, 0.4) is 0 Å². The highest BCUT2D eigenvalue weighted by Gasteiger charge is 2.02. The summed E-state index contributed by atoms with van der Waals surface area (Å²) in [7, 11) is 1.27. The van der Waals surface area contributed by atoms with Gasteiger partial charge in [-0.25, -0.2) is 5.43 Å². The van der Waals surface area contributed by atoms with Gasteiger partial charge in [0.1, 0.15) is 6.54 Å². The summed E-state index contributed by atoms with van der Waals surface area (Å²) in [4.78, 5) is 21.3. The molecule has 0 bridgehead atoms. The lowest BCUT2D eigenvalue weighted by molar-refractivity contribution is -0.139. The van der Waals surface area contributed by atoms with Crippen LogP contribution in [0.2, 0.25) is 0 Å². The molecule has 0 aromatic rings. The molecule has 0 heterocycles. The zero-order valence-corrected chi connectivity index (χ0v) is 7.14. The van der Waals surface area contributed by atoms with Gasteiger partial charge in [-0.15, -0.1) is 0 Å². The Hall–Kier alpha value is -1.36. The zero-order chi connectivity index (χ0) is 9.56. The minimum atomic E-state index is -0.447. The fraction of sp³-hybridized carbons (Fsp3) is 0.429. The van der Waals surface area contributed by atoms with E-state index in [1.54, 1.807) is 6.92 Å². The molecule has 0 aliphatic carbocycles. The van der Waals surface area contributed by atoms with Crippen molar-refractivity contribution in [2.75, 3.05) is 13.7 Å². The fourth-order valence-electron chi connectivity index (χ4n) is 0.376. The van der Waals surface area contributed by atoms with Crippen molar-refractivity contribution in [2.24, 2.45) is 0 Å². The maximum atomic E-state index is 10.8. The Morgan fingerprint density at radius 3 is 2.50 bits per heavy atom. The number of hydrogen-bond donors (Lipinski definition) is 2. The van der Waals surface area contributed by atoms with E-state index in [2.05, 4.69) is 22.2 Å². The number of amides is 1. The van der Waals surface area contributed by atoms with Crippen LogP contribution in [0.25, 0.3) is 0 Å². The molecule has 0 aromatic heterocycles. The summed E-state index contributed by atoms with van der Waals surface area (Å²) in [6.45, 7) is 4.91. The second-order valence-electron chi connectivity index (χ2n) is 2.16. The summed E-state index contributed by atoms with van der Waals surface area (Å²) >= 11 is 0. The predicted octanol–water partition coefficient (Wildman–Crippen LogP) is -0.644. The standard InChI is InChI=1S/C7H12N2O3/c1-5(2)7(11)9-8-4-6(10)12-3/h8H,1,4H2,2-3H3,(H,9,11). The van der Waals surface area contributed by atoms with E-state index < -0.39 is 5.97 Å². The van der Waals surface area contributed by atoms with Gasteiger partial charge in [0.25, 0.3) is 5.91 Å². The van der Waals surface area contributed by atoms with Gasteiger partial charge in [-0.1, -0.05) is 6.58 Å². The molecule has 0 spiro atoms. The molecule has 0 unspecified atom stereocenters. The molecular weight excluding hydrogens is 160 g/mol. The molecule has 0 saturated carbocycles. The Morgan fingerprint density at radius 1 is 1.50 bits per heavy atom. The van der Waals surface area contributed by atoms with Crippen molar-refractivity contribution in [3.8, 4) is 0 Å². The van der Waals surface area contributed by atoms with Crippen LogP contribution in [-0.2, 0) is 14.3 Å². The van der Waals surface area contributed by atoms with E-state index >= 15 is 0 Å². The van der Waals surface area contributed by atoms with Crippen LogP contribution in [0.15, 0.2) is 12.2 Å². The number of nitrogens with one attached hydrogen (secondary N) is 2. The predicted molar refractivity (Wildman–Crippen MR) is 43.0 cm³/mol. The van der Waals surface area contributed by atoms with Crippen LogP contribution >= 0.6 is 0 Å². The third-order valence-electron chi connectivity index (χ3n) is 1.05. The SMILES string of the molecule is C=C(C)C(=O)NNCC(=O)OC. The van der Waals surface area contributed by atoms with Gasteiger partial charge in [-0.2, -0.15) is 0 Å². The number of hydrazine groups is 1. The number of ether oxygens (including phenoxy) is 1. The molecule has 0 aliphatic rings. The number of hydrogen-bond acceptors (Lipinski definition) is 4. The maximum Gasteiger partial charge on any atom is 0.321 e. The number of carbonyl (C=O) groups excluding carboxylic acids is 2. The number of esters is 1. The monoisotopic (exact) mass is 172 g/mol. The first kappa shape index (κ1) is 10.6. The average molecular weight is 172 g/mol. The van der Waals surface area contributed by atoms with Gasteiger partial charge < -0.3 is 4.74 Å². The van der Waals surface area contributed by atoms with E-state index in [9.17, 15) is 9.59 Å². The third kappa shape index (κ3) is 4.45. The second-order valence-corrected chi connectivity index (χ2v) is 2.16. The van der Waals surface area contributed by atoms with Gasteiger partial charge in [0.15, 0.2) is 0 Å². The van der Waals surface area contributed by atoms with Crippen LogP contribution in [0.1, 0.15) is 6.92 Å². The van der Waals surface area contributed by atoms with E-state index in [1.807, 2.05) is 0 Å². The van der Waals surface area contributed by atoms with Gasteiger partial charge in [0, 0.05) is 5.57 Å². The molecule has 1 amide bonds. The smallest absolute Gasteiger partial charge is 0.321 e. The summed E-state index contributed by atoms with van der Waals surface area (Å²) in [5.41, 5.74) is 5.01. The van der Waals surface area contributed by atoms with Crippen LogP contribution in [-0.4, -0.2) is 25.5 Å². The second kappa shape index (κ2) is 5.31. The first-order chi connectivity index (χ1) is 5.57. The summed E-state index contributed by atoms with van der Waals surface area (Å²) in [6.07, 6.45) is 0. The van der Waals surface area contributed by atoms with Gasteiger partial charge in [0.05, 0.1) is 7.11 Å². The van der Waals surface area contributed by atoms with E-state index in [1.165, 1.54) is 7.11 Å². The minimum absolute atomic E-state index is 0.0600. The topological polar surface area (TPSA) is 67.4 Å². The number of carbonyl (C=O) groups is 2. The molecule has 5 heteroatoms. The van der Waals surface area contributed by atoms with E-state index in [0.717, 1.165) is 0 Å². The van der Waals surface area contributed by atoms with Crippen molar-refractivity contribution >= 4 is 11.9 Å². The van der Waals surface area contributed by atoms with Gasteiger partial charge in [0.2, 0.25) is 0 Å². The van der Waals surface area contributed by atoms with Crippen molar-refractivity contribution in [1.29, 1.82) is 0 Å². The van der Waals surface area contributed by atoms with Crippen LogP contribution in [0.4, 0.5) is 0 Å². The summed E-state index contributed by atoms with van der Waals surface area (Å²) in [6, 6.07) is 0. The van der Waals surface area contributed by atoms with Gasteiger partial charge in [-0.05, 0) is 6.92 Å². The zero-order valence-electron chi connectivity index (χ0n) is 7.14. The molecule has 68 valence electrons. The normalized spacial score (nSPS) is 8.83. The highest BCUT2D eigenvalue weighted by Crippen LogP contribution is 1.82. The van der Waals surface area contributed by atoms with Gasteiger partial charge >= 0.3 is 5.97 Å². The highest BCUT2D eigenvalue weighted by molar-refractivity contribution is 5.91. The first-order valence-corrected chi connectivity index (χ1v) is 3.33. The molecule has 12 heavy (non-hydrogen) atoms. The highest BCUT2D eigenvalue weighted by atomic mass is 16.5.